The maximum absolute atomic E-state index is 10.1. The van der Waals surface area contributed by atoms with Gasteiger partial charge in [-0.25, -0.2) is 0 Å². The van der Waals surface area contributed by atoms with Crippen molar-refractivity contribution in [1.29, 1.82) is 0 Å². The Bertz CT molecular complexity index is 1300. The van der Waals surface area contributed by atoms with E-state index in [0.29, 0.717) is 23.5 Å². The van der Waals surface area contributed by atoms with Gasteiger partial charge in [-0.3, -0.25) is 0 Å². The molecule has 2 heterocycles. The van der Waals surface area contributed by atoms with E-state index in [9.17, 15) is 10.2 Å². The Balaban J connectivity index is 1.66. The second-order valence-electron chi connectivity index (χ2n) is 7.31. The number of nitrogen functional groups attached to an aromatic ring is 1. The number of nitrogens with zero attached hydrogens (tertiary/aromatic N) is 1. The topological polar surface area (TPSA) is 80.6 Å². The largest absolute Gasteiger partial charge is 0.508 e. The number of aromatic hydroxyl groups is 2. The first kappa shape index (κ1) is 17.3. The van der Waals surface area contributed by atoms with Crippen LogP contribution in [0, 0.1) is 0 Å². The Labute approximate surface area is 167 Å². The standard InChI is InChI=1S/C24H20N2O3/c1-26-13-14(9-16-12-19-22(28)10-15(27)11-23(19)29-16)24-18(6-4-8-21(24)26)17-5-2-3-7-20(17)25/h2-11,13,27-28H,12,25H2,1H3. The summed E-state index contributed by atoms with van der Waals surface area (Å²) in [6, 6.07) is 16.9. The summed E-state index contributed by atoms with van der Waals surface area (Å²) in [6.07, 6.45) is 4.51. The van der Waals surface area contributed by atoms with Crippen molar-refractivity contribution in [3.8, 4) is 28.4 Å². The van der Waals surface area contributed by atoms with Crippen molar-refractivity contribution in [2.45, 2.75) is 6.42 Å². The highest BCUT2D eigenvalue weighted by atomic mass is 16.5. The molecule has 4 aromatic rings. The highest BCUT2D eigenvalue weighted by Gasteiger charge is 2.23. The summed E-state index contributed by atoms with van der Waals surface area (Å²) >= 11 is 0. The van der Waals surface area contributed by atoms with E-state index in [1.165, 1.54) is 12.1 Å². The number of hydrogen-bond donors (Lipinski definition) is 3. The molecular weight excluding hydrogens is 364 g/mol. The van der Waals surface area contributed by atoms with Gasteiger partial charge in [0.15, 0.2) is 0 Å². The first-order valence-corrected chi connectivity index (χ1v) is 9.37. The van der Waals surface area contributed by atoms with E-state index in [0.717, 1.165) is 33.3 Å². The van der Waals surface area contributed by atoms with Crippen molar-refractivity contribution >= 4 is 22.7 Å². The van der Waals surface area contributed by atoms with Crippen LogP contribution in [-0.4, -0.2) is 14.8 Å². The van der Waals surface area contributed by atoms with E-state index in [4.69, 9.17) is 10.5 Å². The summed E-state index contributed by atoms with van der Waals surface area (Å²) in [6.45, 7) is 0. The molecule has 5 nitrogen and oxygen atoms in total. The van der Waals surface area contributed by atoms with Crippen molar-refractivity contribution in [1.82, 2.24) is 4.57 Å². The summed E-state index contributed by atoms with van der Waals surface area (Å²) in [5.41, 5.74) is 11.8. The Hall–Kier alpha value is -3.86. The molecule has 3 aromatic carbocycles. The van der Waals surface area contributed by atoms with Crippen LogP contribution >= 0.6 is 0 Å². The third-order valence-electron chi connectivity index (χ3n) is 5.37. The lowest BCUT2D eigenvalue weighted by atomic mass is 9.97. The second-order valence-corrected chi connectivity index (χ2v) is 7.31. The van der Waals surface area contributed by atoms with Crippen LogP contribution in [0.2, 0.25) is 0 Å². The molecule has 29 heavy (non-hydrogen) atoms. The third-order valence-corrected chi connectivity index (χ3v) is 5.37. The molecular formula is C24H20N2O3. The van der Waals surface area contributed by atoms with Gasteiger partial charge in [-0.15, -0.1) is 0 Å². The first-order chi connectivity index (χ1) is 14.0. The molecule has 0 fully saturated rings. The molecule has 5 rings (SSSR count). The summed E-state index contributed by atoms with van der Waals surface area (Å²) in [5, 5.41) is 20.9. The maximum atomic E-state index is 10.1. The molecule has 0 radical (unpaired) electrons. The third kappa shape index (κ3) is 2.79. The van der Waals surface area contributed by atoms with E-state index in [1.54, 1.807) is 0 Å². The lowest BCUT2D eigenvalue weighted by Gasteiger charge is -2.09. The van der Waals surface area contributed by atoms with Gasteiger partial charge in [0, 0.05) is 65.1 Å². The molecule has 1 aliphatic rings. The van der Waals surface area contributed by atoms with Gasteiger partial charge in [0.1, 0.15) is 23.0 Å². The number of para-hydroxylation sites is 1. The van der Waals surface area contributed by atoms with Crippen LogP contribution in [0.4, 0.5) is 5.69 Å². The zero-order valence-electron chi connectivity index (χ0n) is 15.9. The Morgan fingerprint density at radius 2 is 1.83 bits per heavy atom. The van der Waals surface area contributed by atoms with Gasteiger partial charge >= 0.3 is 0 Å². The number of aryl methyl sites for hydroxylation is 1. The number of phenols is 2. The zero-order valence-corrected chi connectivity index (χ0v) is 15.9. The van der Waals surface area contributed by atoms with Crippen molar-refractivity contribution in [3.05, 3.63) is 77.7 Å². The summed E-state index contributed by atoms with van der Waals surface area (Å²) in [5.74, 6) is 1.22. The molecule has 0 atom stereocenters. The van der Waals surface area contributed by atoms with E-state index < -0.39 is 0 Å². The van der Waals surface area contributed by atoms with E-state index in [1.807, 2.05) is 43.5 Å². The average Bonchev–Trinajstić information content (AvgIpc) is 3.23. The Morgan fingerprint density at radius 3 is 2.66 bits per heavy atom. The van der Waals surface area contributed by atoms with E-state index >= 15 is 0 Å². The number of nitrogens with two attached hydrogens (primary N) is 1. The number of rotatable bonds is 2. The second kappa shape index (κ2) is 6.34. The number of hydrogen-bond acceptors (Lipinski definition) is 4. The van der Waals surface area contributed by atoms with Gasteiger partial charge in [0.25, 0.3) is 0 Å². The molecule has 0 amide bonds. The fourth-order valence-corrected chi connectivity index (χ4v) is 4.05. The summed E-state index contributed by atoms with van der Waals surface area (Å²) in [4.78, 5) is 0. The van der Waals surface area contributed by atoms with Crippen LogP contribution in [0.3, 0.4) is 0 Å². The normalized spacial score (nSPS) is 14.3. The van der Waals surface area contributed by atoms with Crippen LogP contribution in [0.15, 0.2) is 66.6 Å². The maximum Gasteiger partial charge on any atom is 0.137 e. The van der Waals surface area contributed by atoms with Gasteiger partial charge in [0.05, 0.1) is 0 Å². The monoisotopic (exact) mass is 384 g/mol. The molecule has 0 spiro atoms. The molecule has 0 aliphatic carbocycles. The minimum Gasteiger partial charge on any atom is -0.508 e. The van der Waals surface area contributed by atoms with Crippen molar-refractivity contribution in [3.63, 3.8) is 0 Å². The van der Waals surface area contributed by atoms with Gasteiger partial charge in [-0.2, -0.15) is 0 Å². The van der Waals surface area contributed by atoms with Crippen LogP contribution in [-0.2, 0) is 13.5 Å². The number of phenolic OH excluding ortho intramolecular Hbond substituents is 2. The lowest BCUT2D eigenvalue weighted by molar-refractivity contribution is 0.430. The van der Waals surface area contributed by atoms with Gasteiger partial charge < -0.3 is 25.3 Å². The summed E-state index contributed by atoms with van der Waals surface area (Å²) < 4.78 is 7.99. The molecule has 1 aliphatic heterocycles. The van der Waals surface area contributed by atoms with Crippen LogP contribution in [0.1, 0.15) is 11.1 Å². The minimum absolute atomic E-state index is 0.0190. The fourth-order valence-electron chi connectivity index (χ4n) is 4.05. The highest BCUT2D eigenvalue weighted by molar-refractivity contribution is 6.03. The van der Waals surface area contributed by atoms with E-state index in [2.05, 4.69) is 22.9 Å². The first-order valence-electron chi connectivity index (χ1n) is 9.37. The number of ether oxygens (including phenoxy) is 1. The number of fused-ring (bicyclic) bond motifs is 2. The molecule has 4 N–H and O–H groups in total. The van der Waals surface area contributed by atoms with Crippen molar-refractivity contribution in [2.75, 3.05) is 5.73 Å². The number of anilines is 1. The quantitative estimate of drug-likeness (QED) is 0.433. The number of benzene rings is 3. The molecule has 0 bridgehead atoms. The van der Waals surface area contributed by atoms with Crippen molar-refractivity contribution in [2.24, 2.45) is 7.05 Å². The molecule has 0 unspecified atom stereocenters. The van der Waals surface area contributed by atoms with E-state index in [-0.39, 0.29) is 11.5 Å². The van der Waals surface area contributed by atoms with Crippen molar-refractivity contribution < 1.29 is 14.9 Å². The fraction of sp³-hybridized carbons (Fsp3) is 0.0833. The lowest BCUT2D eigenvalue weighted by Crippen LogP contribution is -1.91. The average molecular weight is 384 g/mol. The zero-order chi connectivity index (χ0) is 20.1. The van der Waals surface area contributed by atoms with Gasteiger partial charge in [-0.05, 0) is 23.8 Å². The van der Waals surface area contributed by atoms with Gasteiger partial charge in [-0.1, -0.05) is 30.3 Å². The predicted molar refractivity (Wildman–Crippen MR) is 115 cm³/mol. The van der Waals surface area contributed by atoms with Crippen LogP contribution in [0.25, 0.3) is 28.1 Å². The molecule has 0 saturated heterocycles. The van der Waals surface area contributed by atoms with Gasteiger partial charge in [0.2, 0.25) is 0 Å². The highest BCUT2D eigenvalue weighted by Crippen LogP contribution is 2.42. The molecule has 5 heteroatoms. The summed E-state index contributed by atoms with van der Waals surface area (Å²) in [7, 11) is 2.01. The Morgan fingerprint density at radius 1 is 1.03 bits per heavy atom. The van der Waals surface area contributed by atoms with Crippen LogP contribution < -0.4 is 10.5 Å². The number of aromatic nitrogens is 1. The van der Waals surface area contributed by atoms with Crippen LogP contribution in [0.5, 0.6) is 17.2 Å². The molecule has 0 saturated carbocycles. The number of allylic oxidation sites excluding steroid dienone is 1. The molecule has 144 valence electrons. The predicted octanol–water partition coefficient (Wildman–Crippen LogP) is 4.81. The minimum atomic E-state index is -0.0190. The SMILES string of the molecule is Cn1cc(C=C2Cc3c(O)cc(O)cc3O2)c2c(-c3ccccc3N)cccc21. The Kier molecular flexibility index (Phi) is 3.77. The smallest absolute Gasteiger partial charge is 0.137 e. The molecule has 1 aromatic heterocycles.